The minimum Gasteiger partial charge on any atom is -0.396 e. The first-order chi connectivity index (χ1) is 7.31. The number of thiazole rings is 1. The molecule has 1 aromatic heterocycles. The van der Waals surface area contributed by atoms with E-state index < -0.39 is 0 Å². The van der Waals surface area contributed by atoms with E-state index in [1.54, 1.807) is 11.7 Å². The first kappa shape index (κ1) is 10.6. The Balaban J connectivity index is 1.93. The molecule has 1 fully saturated rings. The van der Waals surface area contributed by atoms with Gasteiger partial charge < -0.3 is 10.0 Å². The number of hydrogen-bond acceptors (Lipinski definition) is 4. The molecule has 0 spiro atoms. The van der Waals surface area contributed by atoms with E-state index in [9.17, 15) is 4.79 Å². The van der Waals surface area contributed by atoms with Crippen molar-refractivity contribution in [2.75, 3.05) is 19.7 Å². The third kappa shape index (κ3) is 2.35. The van der Waals surface area contributed by atoms with Crippen molar-refractivity contribution < 1.29 is 9.90 Å². The van der Waals surface area contributed by atoms with Crippen molar-refractivity contribution in [2.45, 2.75) is 12.8 Å². The molecule has 1 aliphatic rings. The minimum atomic E-state index is 0.0777. The smallest absolute Gasteiger partial charge is 0.265 e. The SMILES string of the molecule is O=C(c1cncs1)N1CCC(CO)CC1. The molecule has 4 nitrogen and oxygen atoms in total. The van der Waals surface area contributed by atoms with Crippen LogP contribution in [0, 0.1) is 5.92 Å². The van der Waals surface area contributed by atoms with Gasteiger partial charge in [-0.15, -0.1) is 11.3 Å². The van der Waals surface area contributed by atoms with Crippen molar-refractivity contribution in [1.29, 1.82) is 0 Å². The molecule has 2 heterocycles. The van der Waals surface area contributed by atoms with Crippen molar-refractivity contribution >= 4 is 17.2 Å². The van der Waals surface area contributed by atoms with Crippen LogP contribution in [0.4, 0.5) is 0 Å². The van der Waals surface area contributed by atoms with Crippen molar-refractivity contribution in [1.82, 2.24) is 9.88 Å². The van der Waals surface area contributed by atoms with Gasteiger partial charge >= 0.3 is 0 Å². The van der Waals surface area contributed by atoms with E-state index in [1.807, 2.05) is 4.90 Å². The Hall–Kier alpha value is -0.940. The van der Waals surface area contributed by atoms with Gasteiger partial charge in [0.15, 0.2) is 0 Å². The van der Waals surface area contributed by atoms with Gasteiger partial charge in [0.1, 0.15) is 4.88 Å². The number of amides is 1. The summed E-state index contributed by atoms with van der Waals surface area (Å²) in [7, 11) is 0. The second-order valence-corrected chi connectivity index (χ2v) is 4.67. The molecule has 1 N–H and O–H groups in total. The van der Waals surface area contributed by atoms with E-state index in [0.29, 0.717) is 10.8 Å². The Kier molecular flexibility index (Phi) is 3.33. The molecule has 0 atom stereocenters. The second kappa shape index (κ2) is 4.72. The molecule has 15 heavy (non-hydrogen) atoms. The van der Waals surface area contributed by atoms with E-state index in [4.69, 9.17) is 5.11 Å². The monoisotopic (exact) mass is 226 g/mol. The molecule has 82 valence electrons. The molecule has 2 rings (SSSR count). The van der Waals surface area contributed by atoms with E-state index in [1.165, 1.54) is 11.3 Å². The molecule has 1 aromatic rings. The number of hydrogen-bond donors (Lipinski definition) is 1. The summed E-state index contributed by atoms with van der Waals surface area (Å²) in [6.07, 6.45) is 3.42. The van der Waals surface area contributed by atoms with Gasteiger partial charge in [0, 0.05) is 19.7 Å². The van der Waals surface area contributed by atoms with Crippen molar-refractivity contribution in [3.05, 3.63) is 16.6 Å². The standard InChI is InChI=1S/C10H14N2O2S/c13-6-8-1-3-12(4-2-8)10(14)9-5-11-7-15-9/h5,7-8,13H,1-4,6H2. The molecule has 0 saturated carbocycles. The fraction of sp³-hybridized carbons (Fsp3) is 0.600. The third-order valence-corrected chi connectivity index (χ3v) is 3.56. The largest absolute Gasteiger partial charge is 0.396 e. The van der Waals surface area contributed by atoms with E-state index in [-0.39, 0.29) is 12.5 Å². The lowest BCUT2D eigenvalue weighted by Gasteiger charge is -2.30. The lowest BCUT2D eigenvalue weighted by Crippen LogP contribution is -2.38. The molecule has 0 aliphatic carbocycles. The fourth-order valence-corrected chi connectivity index (χ4v) is 2.38. The average Bonchev–Trinajstić information content (AvgIpc) is 2.82. The number of piperidine rings is 1. The number of aliphatic hydroxyl groups excluding tert-OH is 1. The summed E-state index contributed by atoms with van der Waals surface area (Å²) < 4.78 is 0. The Morgan fingerprint density at radius 3 is 2.87 bits per heavy atom. The van der Waals surface area contributed by atoms with E-state index >= 15 is 0 Å². The van der Waals surface area contributed by atoms with Gasteiger partial charge in [-0.3, -0.25) is 9.78 Å². The van der Waals surface area contributed by atoms with Crippen LogP contribution < -0.4 is 0 Å². The zero-order valence-corrected chi connectivity index (χ0v) is 9.24. The Morgan fingerprint density at radius 1 is 1.60 bits per heavy atom. The summed E-state index contributed by atoms with van der Waals surface area (Å²) in [5.74, 6) is 0.449. The number of aliphatic hydroxyl groups is 1. The van der Waals surface area contributed by atoms with Crippen LogP contribution in [0.1, 0.15) is 22.5 Å². The maximum absolute atomic E-state index is 11.9. The van der Waals surface area contributed by atoms with Gasteiger partial charge in [-0.2, -0.15) is 0 Å². The van der Waals surface area contributed by atoms with Crippen LogP contribution in [0.3, 0.4) is 0 Å². The Bertz CT molecular complexity index is 318. The summed E-state index contributed by atoms with van der Waals surface area (Å²) in [5.41, 5.74) is 1.67. The van der Waals surface area contributed by atoms with Gasteiger partial charge in [-0.05, 0) is 18.8 Å². The second-order valence-electron chi connectivity index (χ2n) is 3.78. The van der Waals surface area contributed by atoms with E-state index in [2.05, 4.69) is 4.98 Å². The topological polar surface area (TPSA) is 53.4 Å². The molecule has 1 aliphatic heterocycles. The number of carbonyl (C=O) groups excluding carboxylic acids is 1. The van der Waals surface area contributed by atoms with Gasteiger partial charge in [0.05, 0.1) is 11.7 Å². The minimum absolute atomic E-state index is 0.0777. The first-order valence-corrected chi connectivity index (χ1v) is 5.98. The maximum atomic E-state index is 11.9. The molecular weight excluding hydrogens is 212 g/mol. The van der Waals surface area contributed by atoms with Crippen LogP contribution in [0.2, 0.25) is 0 Å². The maximum Gasteiger partial charge on any atom is 0.265 e. The number of aromatic nitrogens is 1. The summed E-state index contributed by atoms with van der Waals surface area (Å²) >= 11 is 1.38. The van der Waals surface area contributed by atoms with Crippen LogP contribution in [-0.4, -0.2) is 40.6 Å². The van der Waals surface area contributed by atoms with Gasteiger partial charge in [-0.25, -0.2) is 0 Å². The summed E-state index contributed by atoms with van der Waals surface area (Å²) in [4.78, 5) is 18.3. The number of carbonyl (C=O) groups is 1. The highest BCUT2D eigenvalue weighted by Gasteiger charge is 2.23. The van der Waals surface area contributed by atoms with Crippen molar-refractivity contribution in [3.8, 4) is 0 Å². The van der Waals surface area contributed by atoms with Crippen LogP contribution in [0.15, 0.2) is 11.7 Å². The molecule has 1 saturated heterocycles. The van der Waals surface area contributed by atoms with Gasteiger partial charge in [0.25, 0.3) is 5.91 Å². The van der Waals surface area contributed by atoms with Crippen LogP contribution in [0.25, 0.3) is 0 Å². The summed E-state index contributed by atoms with van der Waals surface area (Å²) in [5, 5.41) is 8.99. The van der Waals surface area contributed by atoms with Crippen molar-refractivity contribution in [2.24, 2.45) is 5.92 Å². The quantitative estimate of drug-likeness (QED) is 0.818. The zero-order chi connectivity index (χ0) is 10.7. The molecular formula is C10H14N2O2S. The summed E-state index contributed by atoms with van der Waals surface area (Å²) in [6, 6.07) is 0. The Morgan fingerprint density at radius 2 is 2.33 bits per heavy atom. The molecule has 0 bridgehead atoms. The van der Waals surface area contributed by atoms with Gasteiger partial charge in [-0.1, -0.05) is 0 Å². The molecule has 1 amide bonds. The number of nitrogens with zero attached hydrogens (tertiary/aromatic N) is 2. The first-order valence-electron chi connectivity index (χ1n) is 5.10. The fourth-order valence-electron chi connectivity index (χ4n) is 1.80. The summed E-state index contributed by atoms with van der Waals surface area (Å²) in [6.45, 7) is 1.74. The number of rotatable bonds is 2. The highest BCUT2D eigenvalue weighted by atomic mass is 32.1. The zero-order valence-electron chi connectivity index (χ0n) is 8.43. The Labute approximate surface area is 92.6 Å². The molecule has 0 radical (unpaired) electrons. The van der Waals surface area contributed by atoms with Crippen LogP contribution in [0.5, 0.6) is 0 Å². The van der Waals surface area contributed by atoms with Crippen LogP contribution in [-0.2, 0) is 0 Å². The predicted octanol–water partition coefficient (Wildman–Crippen LogP) is 0.988. The average molecular weight is 226 g/mol. The number of likely N-dealkylation sites (tertiary alicyclic amines) is 1. The molecule has 0 unspecified atom stereocenters. The highest BCUT2D eigenvalue weighted by Crippen LogP contribution is 2.19. The van der Waals surface area contributed by atoms with Crippen molar-refractivity contribution in [3.63, 3.8) is 0 Å². The lowest BCUT2D eigenvalue weighted by atomic mass is 9.98. The highest BCUT2D eigenvalue weighted by molar-refractivity contribution is 7.11. The van der Waals surface area contributed by atoms with Gasteiger partial charge in [0.2, 0.25) is 0 Å². The third-order valence-electron chi connectivity index (χ3n) is 2.80. The molecule has 0 aromatic carbocycles. The van der Waals surface area contributed by atoms with E-state index in [0.717, 1.165) is 25.9 Å². The lowest BCUT2D eigenvalue weighted by molar-refractivity contribution is 0.0655. The molecule has 5 heteroatoms. The normalized spacial score (nSPS) is 18.1. The van der Waals surface area contributed by atoms with Crippen LogP contribution >= 0.6 is 11.3 Å². The predicted molar refractivity (Wildman–Crippen MR) is 57.8 cm³/mol.